The highest BCUT2D eigenvalue weighted by atomic mass is 35.5. The Bertz CT molecular complexity index is 489. The number of hydrogen-bond donors (Lipinski definition) is 1. The number of hydrogen-bond acceptors (Lipinski definition) is 2. The third-order valence-corrected chi connectivity index (χ3v) is 4.27. The first-order valence-corrected chi connectivity index (χ1v) is 6.65. The van der Waals surface area contributed by atoms with Gasteiger partial charge in [-0.05, 0) is 41.1 Å². The van der Waals surface area contributed by atoms with Crippen LogP contribution in [0.3, 0.4) is 0 Å². The standard InChI is InChI=1S/C13H12ClNS/c14-11-3-1-9(2-4-11)12-13-10(5-7-15-12)6-8-16-13/h1-4,6,8,12,15H,5,7H2/t12-/m1/s1. The Labute approximate surface area is 104 Å². The van der Waals surface area contributed by atoms with Crippen molar-refractivity contribution in [2.75, 3.05) is 6.54 Å². The summed E-state index contributed by atoms with van der Waals surface area (Å²) in [7, 11) is 0. The molecule has 3 heteroatoms. The molecule has 0 radical (unpaired) electrons. The molecule has 3 rings (SSSR count). The minimum absolute atomic E-state index is 0.348. The van der Waals surface area contributed by atoms with Gasteiger partial charge in [0.15, 0.2) is 0 Å². The van der Waals surface area contributed by atoms with Gasteiger partial charge in [-0.3, -0.25) is 0 Å². The summed E-state index contributed by atoms with van der Waals surface area (Å²) in [5.41, 5.74) is 2.79. The van der Waals surface area contributed by atoms with Crippen molar-refractivity contribution in [3.8, 4) is 0 Å². The lowest BCUT2D eigenvalue weighted by Crippen LogP contribution is -2.29. The van der Waals surface area contributed by atoms with Gasteiger partial charge in [-0.2, -0.15) is 0 Å². The second kappa shape index (κ2) is 4.21. The van der Waals surface area contributed by atoms with Crippen LogP contribution in [0.1, 0.15) is 22.0 Å². The van der Waals surface area contributed by atoms with Gasteiger partial charge in [-0.15, -0.1) is 11.3 Å². The van der Waals surface area contributed by atoms with Gasteiger partial charge in [0.05, 0.1) is 6.04 Å². The van der Waals surface area contributed by atoms with Crippen LogP contribution in [0.25, 0.3) is 0 Å². The summed E-state index contributed by atoms with van der Waals surface area (Å²) >= 11 is 7.75. The number of fused-ring (bicyclic) bond motifs is 1. The highest BCUT2D eigenvalue weighted by molar-refractivity contribution is 7.10. The SMILES string of the molecule is Clc1ccc([C@H]2NCCc3ccsc32)cc1. The molecule has 0 aliphatic carbocycles. The summed E-state index contributed by atoms with van der Waals surface area (Å²) in [5.74, 6) is 0. The molecule has 1 aliphatic heterocycles. The molecule has 0 fully saturated rings. The van der Waals surface area contributed by atoms with Gasteiger partial charge in [0.1, 0.15) is 0 Å². The molecule has 0 spiro atoms. The monoisotopic (exact) mass is 249 g/mol. The summed E-state index contributed by atoms with van der Waals surface area (Å²) < 4.78 is 0. The van der Waals surface area contributed by atoms with Crippen LogP contribution in [-0.2, 0) is 6.42 Å². The molecule has 1 aromatic carbocycles. The van der Waals surface area contributed by atoms with Gasteiger partial charge >= 0.3 is 0 Å². The van der Waals surface area contributed by atoms with Gasteiger partial charge in [0.2, 0.25) is 0 Å². The van der Waals surface area contributed by atoms with E-state index in [4.69, 9.17) is 11.6 Å². The van der Waals surface area contributed by atoms with Crippen molar-refractivity contribution in [1.29, 1.82) is 0 Å². The third-order valence-electron chi connectivity index (χ3n) is 2.99. The molecule has 1 N–H and O–H groups in total. The van der Waals surface area contributed by atoms with E-state index < -0.39 is 0 Å². The van der Waals surface area contributed by atoms with E-state index in [2.05, 4.69) is 28.9 Å². The Morgan fingerprint density at radius 2 is 2.00 bits per heavy atom. The van der Waals surface area contributed by atoms with E-state index in [1.54, 1.807) is 0 Å². The highest BCUT2D eigenvalue weighted by Crippen LogP contribution is 2.33. The van der Waals surface area contributed by atoms with E-state index in [0.29, 0.717) is 6.04 Å². The van der Waals surface area contributed by atoms with E-state index >= 15 is 0 Å². The van der Waals surface area contributed by atoms with E-state index in [1.807, 2.05) is 23.5 Å². The van der Waals surface area contributed by atoms with Crippen molar-refractivity contribution < 1.29 is 0 Å². The fraction of sp³-hybridized carbons (Fsp3) is 0.231. The average molecular weight is 250 g/mol. The molecule has 1 atom stereocenters. The topological polar surface area (TPSA) is 12.0 Å². The highest BCUT2D eigenvalue weighted by Gasteiger charge is 2.21. The van der Waals surface area contributed by atoms with Gasteiger partial charge in [-0.1, -0.05) is 23.7 Å². The molecule has 0 unspecified atom stereocenters. The minimum Gasteiger partial charge on any atom is -0.305 e. The molecule has 2 aromatic rings. The summed E-state index contributed by atoms with van der Waals surface area (Å²) in [6, 6.07) is 10.7. The molecule has 1 nitrogen and oxygen atoms in total. The Kier molecular flexibility index (Phi) is 2.72. The van der Waals surface area contributed by atoms with Crippen LogP contribution in [-0.4, -0.2) is 6.54 Å². The average Bonchev–Trinajstić information content (AvgIpc) is 2.78. The summed E-state index contributed by atoms with van der Waals surface area (Å²) in [6.07, 6.45) is 1.14. The Balaban J connectivity index is 2.00. The summed E-state index contributed by atoms with van der Waals surface area (Å²) in [5, 5.41) is 6.54. The van der Waals surface area contributed by atoms with Crippen molar-refractivity contribution in [2.45, 2.75) is 12.5 Å². The Hall–Kier alpha value is -0.830. The number of rotatable bonds is 1. The fourth-order valence-electron chi connectivity index (χ4n) is 2.18. The summed E-state index contributed by atoms with van der Waals surface area (Å²) in [6.45, 7) is 1.05. The minimum atomic E-state index is 0.348. The quantitative estimate of drug-likeness (QED) is 0.814. The maximum atomic E-state index is 5.91. The maximum Gasteiger partial charge on any atom is 0.0673 e. The lowest BCUT2D eigenvalue weighted by Gasteiger charge is -2.24. The van der Waals surface area contributed by atoms with Crippen LogP contribution in [0.2, 0.25) is 5.02 Å². The third kappa shape index (κ3) is 1.77. The van der Waals surface area contributed by atoms with E-state index in [0.717, 1.165) is 18.0 Å². The summed E-state index contributed by atoms with van der Waals surface area (Å²) in [4.78, 5) is 1.45. The van der Waals surface area contributed by atoms with Crippen molar-refractivity contribution in [1.82, 2.24) is 5.32 Å². The first-order valence-electron chi connectivity index (χ1n) is 5.40. The zero-order chi connectivity index (χ0) is 11.0. The number of nitrogens with one attached hydrogen (secondary N) is 1. The molecule has 2 heterocycles. The van der Waals surface area contributed by atoms with Crippen molar-refractivity contribution in [3.05, 3.63) is 56.7 Å². The van der Waals surface area contributed by atoms with Crippen LogP contribution < -0.4 is 5.32 Å². The molecule has 1 aromatic heterocycles. The molecule has 16 heavy (non-hydrogen) atoms. The van der Waals surface area contributed by atoms with Gasteiger partial charge in [0.25, 0.3) is 0 Å². The Morgan fingerprint density at radius 1 is 1.19 bits per heavy atom. The van der Waals surface area contributed by atoms with E-state index in [9.17, 15) is 0 Å². The molecule has 0 saturated heterocycles. The predicted molar refractivity (Wildman–Crippen MR) is 69.3 cm³/mol. The second-order valence-electron chi connectivity index (χ2n) is 4.00. The zero-order valence-corrected chi connectivity index (χ0v) is 10.3. The number of halogens is 1. The van der Waals surface area contributed by atoms with Crippen molar-refractivity contribution >= 4 is 22.9 Å². The fourth-order valence-corrected chi connectivity index (χ4v) is 3.36. The second-order valence-corrected chi connectivity index (χ2v) is 5.38. The van der Waals surface area contributed by atoms with Crippen LogP contribution in [0.15, 0.2) is 35.7 Å². The van der Waals surface area contributed by atoms with Crippen LogP contribution in [0.4, 0.5) is 0 Å². The van der Waals surface area contributed by atoms with E-state index in [-0.39, 0.29) is 0 Å². The van der Waals surface area contributed by atoms with E-state index in [1.165, 1.54) is 16.0 Å². The van der Waals surface area contributed by atoms with Crippen molar-refractivity contribution in [3.63, 3.8) is 0 Å². The number of thiophene rings is 1. The smallest absolute Gasteiger partial charge is 0.0673 e. The first kappa shape index (κ1) is 10.3. The van der Waals surface area contributed by atoms with Crippen molar-refractivity contribution in [2.24, 2.45) is 0 Å². The molecule has 82 valence electrons. The first-order chi connectivity index (χ1) is 7.84. The molecule has 0 saturated carbocycles. The lowest BCUT2D eigenvalue weighted by atomic mass is 9.98. The van der Waals surface area contributed by atoms with Crippen LogP contribution in [0, 0.1) is 0 Å². The van der Waals surface area contributed by atoms with Gasteiger partial charge in [0, 0.05) is 16.4 Å². The normalized spacial score (nSPS) is 19.4. The molecule has 1 aliphatic rings. The maximum absolute atomic E-state index is 5.91. The van der Waals surface area contributed by atoms with Crippen LogP contribution >= 0.6 is 22.9 Å². The molecular formula is C13H12ClNS. The lowest BCUT2D eigenvalue weighted by molar-refractivity contribution is 0.578. The molecule has 0 amide bonds. The predicted octanol–water partition coefficient (Wildman–Crippen LogP) is 3.64. The number of benzene rings is 1. The van der Waals surface area contributed by atoms with Gasteiger partial charge in [-0.25, -0.2) is 0 Å². The Morgan fingerprint density at radius 3 is 2.81 bits per heavy atom. The zero-order valence-electron chi connectivity index (χ0n) is 8.74. The van der Waals surface area contributed by atoms with Gasteiger partial charge < -0.3 is 5.32 Å². The van der Waals surface area contributed by atoms with Crippen LogP contribution in [0.5, 0.6) is 0 Å². The molecular weight excluding hydrogens is 238 g/mol. The largest absolute Gasteiger partial charge is 0.305 e. The molecule has 0 bridgehead atoms.